The lowest BCUT2D eigenvalue weighted by Gasteiger charge is -2.09. The molecule has 0 aliphatic carbocycles. The highest BCUT2D eigenvalue weighted by molar-refractivity contribution is 14.1. The van der Waals surface area contributed by atoms with E-state index in [1.807, 2.05) is 40.8 Å². The molecule has 0 unspecified atom stereocenters. The van der Waals surface area contributed by atoms with Crippen molar-refractivity contribution in [2.24, 2.45) is 0 Å². The summed E-state index contributed by atoms with van der Waals surface area (Å²) in [7, 11) is 0. The molecule has 0 radical (unpaired) electrons. The van der Waals surface area contributed by atoms with Crippen molar-refractivity contribution in [3.63, 3.8) is 0 Å². The third-order valence-corrected chi connectivity index (χ3v) is 3.73. The Morgan fingerprint density at radius 3 is 1.47 bits per heavy atom. The van der Waals surface area contributed by atoms with Crippen molar-refractivity contribution in [1.82, 2.24) is 0 Å². The van der Waals surface area contributed by atoms with Gasteiger partial charge in [0.15, 0.2) is 11.5 Å². The van der Waals surface area contributed by atoms with Crippen molar-refractivity contribution < 1.29 is 38.9 Å². The fourth-order valence-electron chi connectivity index (χ4n) is 1.38. The van der Waals surface area contributed by atoms with Gasteiger partial charge in [-0.2, -0.15) is 0 Å². The van der Waals surface area contributed by atoms with Crippen molar-refractivity contribution in [2.75, 3.05) is 0 Å². The van der Waals surface area contributed by atoms with E-state index in [-0.39, 0.29) is 11.5 Å². The summed E-state index contributed by atoms with van der Waals surface area (Å²) in [5.74, 6) is -2.04. The van der Waals surface area contributed by atoms with Crippen LogP contribution in [0, 0.1) is 7.14 Å². The van der Waals surface area contributed by atoms with Gasteiger partial charge in [0.2, 0.25) is 0 Å². The van der Waals surface area contributed by atoms with Crippen LogP contribution in [0.1, 0.15) is 27.7 Å². The molecule has 2 aromatic carbocycles. The molecule has 0 aliphatic heterocycles. The van der Waals surface area contributed by atoms with Gasteiger partial charge in [-0.25, -0.2) is 0 Å². The lowest BCUT2D eigenvalue weighted by atomic mass is 10.3. The number of halogens is 2. The van der Waals surface area contributed by atoms with Gasteiger partial charge in [0.05, 0.1) is 3.57 Å². The molecule has 0 amide bonds. The smallest absolute Gasteiger partial charge is 0.308 e. The maximum absolute atomic E-state index is 10.8. The molecule has 2 rings (SSSR count). The number of hydrogen-bond acceptors (Lipinski definition) is 6. The maximum Gasteiger partial charge on any atom is 0.308 e. The van der Waals surface area contributed by atoms with E-state index in [1.165, 1.54) is 17.4 Å². The van der Waals surface area contributed by atoms with Gasteiger partial charge in [0, 0.05) is 31.3 Å². The number of hydrogen-bond donors (Lipinski definition) is 2. The van der Waals surface area contributed by atoms with Crippen molar-refractivity contribution in [3.8, 4) is 11.5 Å². The van der Waals surface area contributed by atoms with E-state index in [9.17, 15) is 9.59 Å². The van der Waals surface area contributed by atoms with Gasteiger partial charge in [0.25, 0.3) is 11.9 Å². The Morgan fingerprint density at radius 2 is 1.13 bits per heavy atom. The molecule has 0 atom stereocenters. The fourth-order valence-corrected chi connectivity index (χ4v) is 2.38. The lowest BCUT2D eigenvalue weighted by molar-refractivity contribution is -0.135. The number of carboxylic acid groups (broad SMARTS) is 2. The molecule has 30 heavy (non-hydrogen) atoms. The Morgan fingerprint density at radius 1 is 0.700 bits per heavy atom. The number of rotatable bonds is 2. The minimum atomic E-state index is -0.833. The molecular weight excluding hydrogens is 622 g/mol. The summed E-state index contributed by atoms with van der Waals surface area (Å²) in [5, 5.41) is 14.8. The molecule has 10 heteroatoms. The molecule has 0 saturated carbocycles. The molecule has 2 aromatic rings. The van der Waals surface area contributed by atoms with E-state index < -0.39 is 23.9 Å². The van der Waals surface area contributed by atoms with E-state index in [2.05, 4.69) is 34.7 Å². The first-order valence-corrected chi connectivity index (χ1v) is 10.3. The number of esters is 2. The van der Waals surface area contributed by atoms with Gasteiger partial charge in [-0.05, 0) is 69.4 Å². The highest BCUT2D eigenvalue weighted by Gasteiger charge is 2.12. The first-order chi connectivity index (χ1) is 13.9. The number of para-hydroxylation sites is 1. The standard InChI is InChI=1S/C10H9IO4.C6H5I.2C2H4O2/c1-6(12)14-9-5-3-4-8(11)10(9)15-7(2)13;7-6-4-2-1-3-5-6;2*1-2(3)4/h3-5H,1-2H3;1-5H;2*1H3,(H,3,4). The van der Waals surface area contributed by atoms with Crippen LogP contribution in [-0.2, 0) is 19.2 Å². The second kappa shape index (κ2) is 17.6. The van der Waals surface area contributed by atoms with Crippen LogP contribution in [-0.4, -0.2) is 34.1 Å². The monoisotopic (exact) mass is 644 g/mol. The van der Waals surface area contributed by atoms with Crippen LogP contribution in [0.25, 0.3) is 0 Å². The molecular formula is C20H22I2O8. The summed E-state index contributed by atoms with van der Waals surface area (Å²) in [6.07, 6.45) is 0. The normalized spacial score (nSPS) is 8.47. The van der Waals surface area contributed by atoms with Crippen LogP contribution in [0.5, 0.6) is 11.5 Å². The molecule has 0 aliphatic rings. The minimum Gasteiger partial charge on any atom is -0.481 e. The van der Waals surface area contributed by atoms with E-state index in [0.717, 1.165) is 13.8 Å². The molecule has 164 valence electrons. The van der Waals surface area contributed by atoms with Crippen LogP contribution < -0.4 is 9.47 Å². The Hall–Kier alpha value is -2.22. The Kier molecular flexibility index (Phi) is 17.6. The number of carboxylic acids is 2. The molecule has 0 aromatic heterocycles. The molecule has 0 spiro atoms. The van der Waals surface area contributed by atoms with Crippen LogP contribution in [0.3, 0.4) is 0 Å². The van der Waals surface area contributed by atoms with E-state index in [0.29, 0.717) is 3.57 Å². The SMILES string of the molecule is CC(=O)O.CC(=O)O.CC(=O)Oc1cccc(I)c1OC(C)=O.Ic1ccccc1. The van der Waals surface area contributed by atoms with Crippen LogP contribution >= 0.6 is 45.2 Å². The molecule has 2 N–H and O–H groups in total. The van der Waals surface area contributed by atoms with Gasteiger partial charge in [-0.15, -0.1) is 0 Å². The lowest BCUT2D eigenvalue weighted by Crippen LogP contribution is -2.08. The number of ether oxygens (including phenoxy) is 2. The summed E-state index contributed by atoms with van der Waals surface area (Å²) in [4.78, 5) is 39.6. The molecule has 0 saturated heterocycles. The van der Waals surface area contributed by atoms with Crippen molar-refractivity contribution in [3.05, 3.63) is 55.7 Å². The van der Waals surface area contributed by atoms with E-state index >= 15 is 0 Å². The van der Waals surface area contributed by atoms with Crippen LogP contribution in [0.2, 0.25) is 0 Å². The average molecular weight is 644 g/mol. The Bertz CT molecular complexity index is 803. The minimum absolute atomic E-state index is 0.254. The third-order valence-electron chi connectivity index (χ3n) is 2.16. The fraction of sp³-hybridized carbons (Fsp3) is 0.200. The first kappa shape index (κ1) is 30.0. The number of benzene rings is 2. The zero-order valence-electron chi connectivity index (χ0n) is 16.7. The highest BCUT2D eigenvalue weighted by atomic mass is 127. The summed E-state index contributed by atoms with van der Waals surface area (Å²) in [6.45, 7) is 4.75. The number of aliphatic carboxylic acids is 2. The molecule has 0 heterocycles. The third kappa shape index (κ3) is 20.5. The van der Waals surface area contributed by atoms with E-state index in [4.69, 9.17) is 29.3 Å². The van der Waals surface area contributed by atoms with Crippen LogP contribution in [0.15, 0.2) is 48.5 Å². The molecule has 0 bridgehead atoms. The highest BCUT2D eigenvalue weighted by Crippen LogP contribution is 2.32. The van der Waals surface area contributed by atoms with Crippen LogP contribution in [0.4, 0.5) is 0 Å². The predicted molar refractivity (Wildman–Crippen MR) is 128 cm³/mol. The summed E-state index contributed by atoms with van der Waals surface area (Å²) in [6, 6.07) is 15.3. The second-order valence-electron chi connectivity index (χ2n) is 5.09. The van der Waals surface area contributed by atoms with Gasteiger partial charge >= 0.3 is 11.9 Å². The van der Waals surface area contributed by atoms with Crippen molar-refractivity contribution in [2.45, 2.75) is 27.7 Å². The van der Waals surface area contributed by atoms with Gasteiger partial charge in [0.1, 0.15) is 0 Å². The second-order valence-corrected chi connectivity index (χ2v) is 7.50. The van der Waals surface area contributed by atoms with Gasteiger partial charge in [-0.3, -0.25) is 19.2 Å². The largest absolute Gasteiger partial charge is 0.481 e. The number of carbonyl (C=O) groups is 4. The summed E-state index contributed by atoms with van der Waals surface area (Å²) < 4.78 is 11.9. The molecule has 8 nitrogen and oxygen atoms in total. The average Bonchev–Trinajstić information content (AvgIpc) is 2.57. The topological polar surface area (TPSA) is 127 Å². The Balaban J connectivity index is 0. The zero-order valence-corrected chi connectivity index (χ0v) is 21.0. The summed E-state index contributed by atoms with van der Waals surface area (Å²) in [5.41, 5.74) is 0. The van der Waals surface area contributed by atoms with Crippen molar-refractivity contribution in [1.29, 1.82) is 0 Å². The zero-order chi connectivity index (χ0) is 23.7. The summed E-state index contributed by atoms with van der Waals surface area (Å²) >= 11 is 4.28. The van der Waals surface area contributed by atoms with Gasteiger partial charge in [-0.1, -0.05) is 24.3 Å². The number of carbonyl (C=O) groups excluding carboxylic acids is 2. The van der Waals surface area contributed by atoms with E-state index in [1.54, 1.807) is 18.2 Å². The van der Waals surface area contributed by atoms with Gasteiger partial charge < -0.3 is 19.7 Å². The van der Waals surface area contributed by atoms with Crippen molar-refractivity contribution >= 4 is 69.1 Å². The first-order valence-electron chi connectivity index (χ1n) is 8.11. The Labute approximate surface area is 201 Å². The molecule has 0 fully saturated rings. The maximum atomic E-state index is 10.8. The predicted octanol–water partition coefficient (Wildman–Crippen LogP) is 4.61. The quantitative estimate of drug-likeness (QED) is 0.276.